The molecule has 7 heteroatoms. The molecule has 1 aromatic rings. The molecule has 2 N–H and O–H groups in total. The predicted octanol–water partition coefficient (Wildman–Crippen LogP) is 1.96. The van der Waals surface area contributed by atoms with Crippen LogP contribution in [0.4, 0.5) is 10.1 Å². The van der Waals surface area contributed by atoms with Crippen LogP contribution in [-0.2, 0) is 9.53 Å². The van der Waals surface area contributed by atoms with Gasteiger partial charge >= 0.3 is 0 Å². The Bertz CT molecular complexity index is 468. The summed E-state index contributed by atoms with van der Waals surface area (Å²) in [5, 5.41) is 5.79. The van der Waals surface area contributed by atoms with Crippen LogP contribution in [0.3, 0.4) is 0 Å². The van der Waals surface area contributed by atoms with Crippen LogP contribution in [0, 0.1) is 5.82 Å². The van der Waals surface area contributed by atoms with E-state index in [1.807, 2.05) is 0 Å². The van der Waals surface area contributed by atoms with Crippen LogP contribution in [0.15, 0.2) is 18.2 Å². The minimum Gasteiger partial charge on any atom is -0.488 e. The standard InChI is InChI=1S/C14H19FN2O3.ClH/c1-19-7-8-20-13-5-4-10(9-11(13)15)17-14(18)12-3-2-6-16-12;/h4-5,9,12,16H,2-3,6-8H2,1H3,(H,17,18);1H. The van der Waals surface area contributed by atoms with Gasteiger partial charge < -0.3 is 20.1 Å². The third-order valence-electron chi connectivity index (χ3n) is 3.12. The van der Waals surface area contributed by atoms with E-state index in [1.54, 1.807) is 13.2 Å². The van der Waals surface area contributed by atoms with E-state index in [1.165, 1.54) is 12.1 Å². The summed E-state index contributed by atoms with van der Waals surface area (Å²) in [6, 6.07) is 4.20. The van der Waals surface area contributed by atoms with Crippen molar-refractivity contribution in [2.45, 2.75) is 18.9 Å². The first kappa shape index (κ1) is 17.7. The van der Waals surface area contributed by atoms with Crippen molar-refractivity contribution < 1.29 is 18.7 Å². The van der Waals surface area contributed by atoms with E-state index in [4.69, 9.17) is 9.47 Å². The highest BCUT2D eigenvalue weighted by molar-refractivity contribution is 5.95. The normalized spacial score (nSPS) is 17.1. The van der Waals surface area contributed by atoms with Gasteiger partial charge in [0, 0.05) is 18.9 Å². The number of halogens is 2. The van der Waals surface area contributed by atoms with Crippen LogP contribution in [0.25, 0.3) is 0 Å². The van der Waals surface area contributed by atoms with Crippen LogP contribution in [0.2, 0.25) is 0 Å². The first-order valence-electron chi connectivity index (χ1n) is 6.66. The highest BCUT2D eigenvalue weighted by Gasteiger charge is 2.22. The summed E-state index contributed by atoms with van der Waals surface area (Å²) in [7, 11) is 1.55. The molecule has 2 rings (SSSR count). The van der Waals surface area contributed by atoms with Gasteiger partial charge in [0.05, 0.1) is 12.6 Å². The number of carbonyl (C=O) groups is 1. The molecule has 1 saturated heterocycles. The Balaban J connectivity index is 0.00000220. The molecule has 1 aliphatic heterocycles. The van der Waals surface area contributed by atoms with Crippen molar-refractivity contribution in [1.82, 2.24) is 5.32 Å². The fourth-order valence-corrected chi connectivity index (χ4v) is 2.07. The number of nitrogens with one attached hydrogen (secondary N) is 2. The first-order chi connectivity index (χ1) is 9.70. The number of benzene rings is 1. The Morgan fingerprint density at radius 2 is 2.29 bits per heavy atom. The number of hydrogen-bond donors (Lipinski definition) is 2. The molecule has 0 spiro atoms. The lowest BCUT2D eigenvalue weighted by Crippen LogP contribution is -2.35. The maximum Gasteiger partial charge on any atom is 0.241 e. The van der Waals surface area contributed by atoms with Gasteiger partial charge in [-0.3, -0.25) is 4.79 Å². The quantitative estimate of drug-likeness (QED) is 0.787. The molecule has 0 aromatic heterocycles. The zero-order valence-electron chi connectivity index (χ0n) is 11.9. The van der Waals surface area contributed by atoms with Gasteiger partial charge in [-0.05, 0) is 31.5 Å². The van der Waals surface area contributed by atoms with Crippen LogP contribution in [-0.4, -0.2) is 38.8 Å². The highest BCUT2D eigenvalue weighted by atomic mass is 35.5. The van der Waals surface area contributed by atoms with Gasteiger partial charge in [-0.1, -0.05) is 0 Å². The molecule has 0 bridgehead atoms. The summed E-state index contributed by atoms with van der Waals surface area (Å²) in [5.74, 6) is -0.479. The maximum absolute atomic E-state index is 13.8. The summed E-state index contributed by atoms with van der Waals surface area (Å²) in [5.41, 5.74) is 0.431. The number of methoxy groups -OCH3 is 1. The monoisotopic (exact) mass is 318 g/mol. The van der Waals surface area contributed by atoms with Crippen LogP contribution >= 0.6 is 12.4 Å². The van der Waals surface area contributed by atoms with E-state index in [0.717, 1.165) is 19.4 Å². The van der Waals surface area contributed by atoms with E-state index >= 15 is 0 Å². The topological polar surface area (TPSA) is 59.6 Å². The van der Waals surface area contributed by atoms with Crippen molar-refractivity contribution in [2.75, 3.05) is 32.2 Å². The average molecular weight is 319 g/mol. The number of rotatable bonds is 6. The smallest absolute Gasteiger partial charge is 0.241 e. The molecule has 0 saturated carbocycles. The maximum atomic E-state index is 13.8. The molecular formula is C14H20ClFN2O3. The lowest BCUT2D eigenvalue weighted by molar-refractivity contribution is -0.117. The average Bonchev–Trinajstić information content (AvgIpc) is 2.95. The van der Waals surface area contributed by atoms with Crippen molar-refractivity contribution in [1.29, 1.82) is 0 Å². The number of ether oxygens (including phenoxy) is 2. The fourth-order valence-electron chi connectivity index (χ4n) is 2.07. The Morgan fingerprint density at radius 3 is 2.90 bits per heavy atom. The summed E-state index contributed by atoms with van der Waals surface area (Å²) in [6.07, 6.45) is 1.80. The third-order valence-corrected chi connectivity index (χ3v) is 3.12. The SMILES string of the molecule is COCCOc1ccc(NC(=O)C2CCCN2)cc1F.Cl. The summed E-state index contributed by atoms with van der Waals surface area (Å²) < 4.78 is 23.8. The van der Waals surface area contributed by atoms with Gasteiger partial charge in [-0.25, -0.2) is 4.39 Å². The molecular weight excluding hydrogens is 299 g/mol. The van der Waals surface area contributed by atoms with Crippen molar-refractivity contribution in [3.05, 3.63) is 24.0 Å². The molecule has 1 atom stereocenters. The Hall–Kier alpha value is -1.37. The zero-order valence-corrected chi connectivity index (χ0v) is 12.7. The molecule has 118 valence electrons. The van der Waals surface area contributed by atoms with Gasteiger partial charge in [-0.15, -0.1) is 12.4 Å². The molecule has 1 fully saturated rings. The molecule has 1 heterocycles. The molecule has 1 aliphatic rings. The largest absolute Gasteiger partial charge is 0.488 e. The molecule has 0 aliphatic carbocycles. The minimum absolute atomic E-state index is 0. The van der Waals surface area contributed by atoms with Crippen molar-refractivity contribution >= 4 is 24.0 Å². The van der Waals surface area contributed by atoms with Crippen molar-refractivity contribution in [3.63, 3.8) is 0 Å². The predicted molar refractivity (Wildman–Crippen MR) is 80.7 cm³/mol. The van der Waals surface area contributed by atoms with E-state index in [0.29, 0.717) is 12.3 Å². The van der Waals surface area contributed by atoms with Gasteiger partial charge in [0.2, 0.25) is 5.91 Å². The second kappa shape index (κ2) is 8.81. The molecule has 1 unspecified atom stereocenters. The number of amides is 1. The Kier molecular flexibility index (Phi) is 7.42. The lowest BCUT2D eigenvalue weighted by atomic mass is 10.2. The van der Waals surface area contributed by atoms with Crippen molar-refractivity contribution in [2.24, 2.45) is 0 Å². The molecule has 0 radical (unpaired) electrons. The number of carbonyl (C=O) groups excluding carboxylic acids is 1. The second-order valence-corrected chi connectivity index (χ2v) is 4.62. The fraction of sp³-hybridized carbons (Fsp3) is 0.500. The van der Waals surface area contributed by atoms with E-state index in [-0.39, 0.29) is 36.7 Å². The van der Waals surface area contributed by atoms with Crippen LogP contribution < -0.4 is 15.4 Å². The second-order valence-electron chi connectivity index (χ2n) is 4.62. The van der Waals surface area contributed by atoms with Crippen LogP contribution in [0.1, 0.15) is 12.8 Å². The van der Waals surface area contributed by atoms with Crippen molar-refractivity contribution in [3.8, 4) is 5.75 Å². The van der Waals surface area contributed by atoms with E-state index in [9.17, 15) is 9.18 Å². The van der Waals surface area contributed by atoms with Gasteiger partial charge in [-0.2, -0.15) is 0 Å². The molecule has 21 heavy (non-hydrogen) atoms. The number of anilines is 1. The van der Waals surface area contributed by atoms with Crippen LogP contribution in [0.5, 0.6) is 5.75 Å². The molecule has 5 nitrogen and oxygen atoms in total. The molecule has 1 amide bonds. The van der Waals surface area contributed by atoms with E-state index < -0.39 is 5.82 Å². The third kappa shape index (κ3) is 5.15. The zero-order chi connectivity index (χ0) is 14.4. The Morgan fingerprint density at radius 1 is 1.48 bits per heavy atom. The summed E-state index contributed by atoms with van der Waals surface area (Å²) in [4.78, 5) is 11.9. The van der Waals surface area contributed by atoms with Gasteiger partial charge in [0.15, 0.2) is 11.6 Å². The highest BCUT2D eigenvalue weighted by Crippen LogP contribution is 2.21. The number of hydrogen-bond acceptors (Lipinski definition) is 4. The summed E-state index contributed by atoms with van der Waals surface area (Å²) >= 11 is 0. The lowest BCUT2D eigenvalue weighted by Gasteiger charge is -2.12. The van der Waals surface area contributed by atoms with Gasteiger partial charge in [0.1, 0.15) is 6.61 Å². The molecule has 1 aromatic carbocycles. The van der Waals surface area contributed by atoms with Gasteiger partial charge in [0.25, 0.3) is 0 Å². The first-order valence-corrected chi connectivity index (χ1v) is 6.66. The summed E-state index contributed by atoms with van der Waals surface area (Å²) in [6.45, 7) is 1.52. The van der Waals surface area contributed by atoms with E-state index in [2.05, 4.69) is 10.6 Å². The Labute approximate surface area is 129 Å². The minimum atomic E-state index is -0.502.